The maximum Gasteiger partial charge on any atom is 0.200 e. The lowest BCUT2D eigenvalue weighted by atomic mass is 9.84. The van der Waals surface area contributed by atoms with Gasteiger partial charge in [-0.25, -0.2) is 0 Å². The van der Waals surface area contributed by atoms with Gasteiger partial charge in [0.05, 0.1) is 19.3 Å². The molecule has 1 saturated carbocycles. The summed E-state index contributed by atoms with van der Waals surface area (Å²) in [5.41, 5.74) is 0. The highest BCUT2D eigenvalue weighted by Crippen LogP contribution is 2.50. The van der Waals surface area contributed by atoms with E-state index < -0.39 is 0 Å². The van der Waals surface area contributed by atoms with Crippen molar-refractivity contribution >= 4 is 0 Å². The monoisotopic (exact) mass is 170 g/mol. The predicted molar refractivity (Wildman–Crippen MR) is 41.7 cm³/mol. The maximum atomic E-state index is 5.70. The van der Waals surface area contributed by atoms with Crippen molar-refractivity contribution in [1.82, 2.24) is 0 Å². The lowest BCUT2D eigenvalue weighted by molar-refractivity contribution is -0.209. The van der Waals surface area contributed by atoms with Crippen molar-refractivity contribution in [2.24, 2.45) is 5.92 Å². The zero-order chi connectivity index (χ0) is 8.18. The molecule has 3 unspecified atom stereocenters. The second-order valence-electron chi connectivity index (χ2n) is 3.99. The van der Waals surface area contributed by atoms with Crippen LogP contribution in [0.2, 0.25) is 0 Å². The fourth-order valence-corrected chi connectivity index (χ4v) is 2.51. The van der Waals surface area contributed by atoms with E-state index in [1.165, 1.54) is 12.8 Å². The molecule has 0 aromatic carbocycles. The van der Waals surface area contributed by atoms with Crippen molar-refractivity contribution in [3.8, 4) is 0 Å². The van der Waals surface area contributed by atoms with Gasteiger partial charge in [-0.2, -0.15) is 0 Å². The van der Waals surface area contributed by atoms with Crippen molar-refractivity contribution in [3.63, 3.8) is 0 Å². The third kappa shape index (κ3) is 0.767. The molecule has 12 heavy (non-hydrogen) atoms. The van der Waals surface area contributed by atoms with Gasteiger partial charge in [0.25, 0.3) is 0 Å². The van der Waals surface area contributed by atoms with Crippen LogP contribution >= 0.6 is 0 Å². The summed E-state index contributed by atoms with van der Waals surface area (Å²) in [6.45, 7) is 3.66. The first-order chi connectivity index (χ1) is 5.83. The Hall–Kier alpha value is -0.120. The van der Waals surface area contributed by atoms with Gasteiger partial charge in [-0.15, -0.1) is 0 Å². The van der Waals surface area contributed by atoms with Crippen LogP contribution in [0.25, 0.3) is 0 Å². The SMILES string of the molecule is CC1CCC2OC2C12OCCO2. The summed E-state index contributed by atoms with van der Waals surface area (Å²) < 4.78 is 16.9. The Morgan fingerprint density at radius 2 is 1.92 bits per heavy atom. The standard InChI is InChI=1S/C9H14O3/c1-6-2-3-7-8(12-7)9(6)10-4-5-11-9/h6-8H,2-5H2,1H3. The van der Waals surface area contributed by atoms with Crippen molar-refractivity contribution in [3.05, 3.63) is 0 Å². The molecule has 3 atom stereocenters. The van der Waals surface area contributed by atoms with Crippen molar-refractivity contribution in [2.75, 3.05) is 13.2 Å². The highest BCUT2D eigenvalue weighted by Gasteiger charge is 2.63. The smallest absolute Gasteiger partial charge is 0.200 e. The summed E-state index contributed by atoms with van der Waals surface area (Å²) in [6.07, 6.45) is 3.02. The molecule has 0 radical (unpaired) electrons. The molecule has 3 heteroatoms. The van der Waals surface area contributed by atoms with Crippen molar-refractivity contribution in [1.29, 1.82) is 0 Å². The number of rotatable bonds is 0. The summed E-state index contributed by atoms with van der Waals surface area (Å²) in [5.74, 6) is 0.131. The number of hydrogen-bond acceptors (Lipinski definition) is 3. The van der Waals surface area contributed by atoms with Gasteiger partial charge in [0, 0.05) is 5.92 Å². The normalized spacial score (nSPS) is 49.2. The van der Waals surface area contributed by atoms with E-state index in [0.29, 0.717) is 12.0 Å². The van der Waals surface area contributed by atoms with E-state index >= 15 is 0 Å². The van der Waals surface area contributed by atoms with E-state index in [9.17, 15) is 0 Å². The zero-order valence-electron chi connectivity index (χ0n) is 7.29. The molecule has 0 N–H and O–H groups in total. The predicted octanol–water partition coefficient (Wildman–Crippen LogP) is 0.927. The van der Waals surface area contributed by atoms with Gasteiger partial charge < -0.3 is 14.2 Å². The summed E-state index contributed by atoms with van der Waals surface area (Å²) >= 11 is 0. The van der Waals surface area contributed by atoms with Gasteiger partial charge in [-0.05, 0) is 12.8 Å². The Balaban J connectivity index is 1.89. The quantitative estimate of drug-likeness (QED) is 0.507. The molecule has 3 aliphatic rings. The van der Waals surface area contributed by atoms with Crippen LogP contribution in [-0.2, 0) is 14.2 Å². The number of fused-ring (bicyclic) bond motifs is 2. The third-order valence-corrected chi connectivity index (χ3v) is 3.29. The van der Waals surface area contributed by atoms with Crippen LogP contribution in [0.15, 0.2) is 0 Å². The largest absolute Gasteiger partial charge is 0.364 e. The van der Waals surface area contributed by atoms with Crippen molar-refractivity contribution < 1.29 is 14.2 Å². The number of hydrogen-bond donors (Lipinski definition) is 0. The Bertz CT molecular complexity index is 194. The van der Waals surface area contributed by atoms with E-state index in [-0.39, 0.29) is 11.9 Å². The molecule has 2 aliphatic heterocycles. The van der Waals surface area contributed by atoms with E-state index in [1.54, 1.807) is 0 Å². The van der Waals surface area contributed by atoms with Crippen LogP contribution in [0.1, 0.15) is 19.8 Å². The first-order valence-electron chi connectivity index (χ1n) is 4.76. The topological polar surface area (TPSA) is 31.0 Å². The molecule has 0 amide bonds. The number of epoxide rings is 1. The van der Waals surface area contributed by atoms with E-state index in [1.807, 2.05) is 0 Å². The Morgan fingerprint density at radius 3 is 2.67 bits per heavy atom. The molecule has 0 bridgehead atoms. The fourth-order valence-electron chi connectivity index (χ4n) is 2.51. The van der Waals surface area contributed by atoms with Crippen molar-refractivity contribution in [2.45, 2.75) is 37.8 Å². The van der Waals surface area contributed by atoms with Crippen LogP contribution in [0.4, 0.5) is 0 Å². The molecule has 1 spiro atoms. The van der Waals surface area contributed by atoms with Crippen LogP contribution in [-0.4, -0.2) is 31.2 Å². The van der Waals surface area contributed by atoms with Gasteiger partial charge in [0.15, 0.2) is 5.79 Å². The second-order valence-corrected chi connectivity index (χ2v) is 3.99. The van der Waals surface area contributed by atoms with E-state index in [4.69, 9.17) is 14.2 Å². The van der Waals surface area contributed by atoms with Gasteiger partial charge in [-0.3, -0.25) is 0 Å². The fraction of sp³-hybridized carbons (Fsp3) is 1.00. The minimum atomic E-state index is -0.358. The Morgan fingerprint density at radius 1 is 1.17 bits per heavy atom. The maximum absolute atomic E-state index is 5.70. The third-order valence-electron chi connectivity index (χ3n) is 3.29. The van der Waals surface area contributed by atoms with E-state index in [2.05, 4.69) is 6.92 Å². The minimum Gasteiger partial charge on any atom is -0.364 e. The molecule has 68 valence electrons. The molecule has 3 fully saturated rings. The van der Waals surface area contributed by atoms with E-state index in [0.717, 1.165) is 13.2 Å². The Kier molecular flexibility index (Phi) is 1.35. The molecule has 3 nitrogen and oxygen atoms in total. The first-order valence-corrected chi connectivity index (χ1v) is 4.76. The number of ether oxygens (including phenoxy) is 3. The van der Waals surface area contributed by atoms with Crippen LogP contribution < -0.4 is 0 Å². The second kappa shape index (κ2) is 2.22. The van der Waals surface area contributed by atoms with Crippen LogP contribution in [0, 0.1) is 5.92 Å². The molecular formula is C9H14O3. The lowest BCUT2D eigenvalue weighted by Gasteiger charge is -2.34. The first kappa shape index (κ1) is 7.30. The average Bonchev–Trinajstić information content (AvgIpc) is 2.71. The summed E-state index contributed by atoms with van der Waals surface area (Å²) in [5, 5.41) is 0. The lowest BCUT2D eigenvalue weighted by Crippen LogP contribution is -2.46. The summed E-state index contributed by atoms with van der Waals surface area (Å²) in [4.78, 5) is 0. The highest BCUT2D eigenvalue weighted by atomic mass is 16.8. The highest BCUT2D eigenvalue weighted by molar-refractivity contribution is 5.05. The minimum absolute atomic E-state index is 0.240. The molecule has 2 heterocycles. The molecule has 1 aliphatic carbocycles. The van der Waals surface area contributed by atoms with Gasteiger partial charge in [0.2, 0.25) is 0 Å². The zero-order valence-corrected chi connectivity index (χ0v) is 7.29. The summed E-state index contributed by atoms with van der Waals surface area (Å²) in [6, 6.07) is 0. The molecule has 0 aromatic rings. The molecule has 0 aromatic heterocycles. The van der Waals surface area contributed by atoms with Crippen LogP contribution in [0.3, 0.4) is 0 Å². The van der Waals surface area contributed by atoms with Gasteiger partial charge >= 0.3 is 0 Å². The molecular weight excluding hydrogens is 156 g/mol. The van der Waals surface area contributed by atoms with Gasteiger partial charge in [-0.1, -0.05) is 6.92 Å². The average molecular weight is 170 g/mol. The molecule has 2 saturated heterocycles. The van der Waals surface area contributed by atoms with Gasteiger partial charge in [0.1, 0.15) is 6.10 Å². The Labute approximate surface area is 72.0 Å². The van der Waals surface area contributed by atoms with Crippen LogP contribution in [0.5, 0.6) is 0 Å². The summed E-state index contributed by atoms with van der Waals surface area (Å²) in [7, 11) is 0. The molecule has 3 rings (SSSR count).